The second-order valence-electron chi connectivity index (χ2n) is 6.61. The van der Waals surface area contributed by atoms with Crippen LogP contribution in [0.15, 0.2) is 36.9 Å². The summed E-state index contributed by atoms with van der Waals surface area (Å²) in [5.74, 6) is -0.609. The first-order chi connectivity index (χ1) is 12.6. The van der Waals surface area contributed by atoms with Crippen LogP contribution in [0.1, 0.15) is 44.2 Å². The zero-order chi connectivity index (χ0) is 18.9. The molecule has 0 aromatic heterocycles. The molecular formula is C20H28FN3O2. The molecule has 26 heavy (non-hydrogen) atoms. The summed E-state index contributed by atoms with van der Waals surface area (Å²) in [7, 11) is 0. The molecule has 2 atom stereocenters. The number of nitrogens with zero attached hydrogens (tertiary/aromatic N) is 1. The Labute approximate surface area is 154 Å². The molecule has 1 aliphatic heterocycles. The van der Waals surface area contributed by atoms with Crippen LogP contribution in [0.25, 0.3) is 0 Å². The van der Waals surface area contributed by atoms with Crippen molar-refractivity contribution in [3.05, 3.63) is 48.3 Å². The van der Waals surface area contributed by atoms with Crippen LogP contribution in [0.4, 0.5) is 9.18 Å². The second kappa shape index (κ2) is 9.94. The van der Waals surface area contributed by atoms with Crippen LogP contribution in [0.5, 0.6) is 0 Å². The van der Waals surface area contributed by atoms with Crippen molar-refractivity contribution in [3.63, 3.8) is 0 Å². The summed E-state index contributed by atoms with van der Waals surface area (Å²) in [6.07, 6.45) is 4.89. The van der Waals surface area contributed by atoms with Crippen LogP contribution in [0, 0.1) is 11.7 Å². The molecule has 1 aliphatic rings. The molecule has 0 aliphatic carbocycles. The van der Waals surface area contributed by atoms with Gasteiger partial charge in [0.15, 0.2) is 0 Å². The molecule has 6 heteroatoms. The van der Waals surface area contributed by atoms with Gasteiger partial charge in [-0.3, -0.25) is 4.79 Å². The quantitative estimate of drug-likeness (QED) is 0.578. The Bertz CT molecular complexity index is 618. The molecule has 0 bridgehead atoms. The lowest BCUT2D eigenvalue weighted by Gasteiger charge is -2.39. The van der Waals surface area contributed by atoms with Crippen LogP contribution in [0.3, 0.4) is 0 Å². The fourth-order valence-electron chi connectivity index (χ4n) is 3.23. The number of unbranched alkanes of at least 4 members (excludes halogenated alkanes) is 1. The highest BCUT2D eigenvalue weighted by Gasteiger charge is 2.35. The van der Waals surface area contributed by atoms with Crippen molar-refractivity contribution < 1.29 is 14.0 Å². The van der Waals surface area contributed by atoms with Crippen LogP contribution < -0.4 is 10.6 Å². The number of urea groups is 1. The molecule has 2 rings (SSSR count). The summed E-state index contributed by atoms with van der Waals surface area (Å²) in [5, 5.41) is 5.74. The van der Waals surface area contributed by atoms with Crippen LogP contribution in [0.2, 0.25) is 0 Å². The minimum Gasteiger partial charge on any atom is -0.352 e. The van der Waals surface area contributed by atoms with E-state index in [9.17, 15) is 14.0 Å². The molecule has 1 heterocycles. The third-order valence-corrected chi connectivity index (χ3v) is 4.70. The van der Waals surface area contributed by atoms with Gasteiger partial charge >= 0.3 is 6.03 Å². The van der Waals surface area contributed by atoms with Crippen molar-refractivity contribution >= 4 is 11.9 Å². The first kappa shape index (κ1) is 19.9. The highest BCUT2D eigenvalue weighted by atomic mass is 19.1. The summed E-state index contributed by atoms with van der Waals surface area (Å²) >= 11 is 0. The molecule has 5 nitrogen and oxygen atoms in total. The number of halogens is 1. The zero-order valence-electron chi connectivity index (χ0n) is 15.3. The third-order valence-electron chi connectivity index (χ3n) is 4.70. The summed E-state index contributed by atoms with van der Waals surface area (Å²) in [6.45, 7) is 7.04. The van der Waals surface area contributed by atoms with Crippen molar-refractivity contribution in [2.24, 2.45) is 5.92 Å². The lowest BCUT2D eigenvalue weighted by molar-refractivity contribution is -0.126. The number of rotatable bonds is 7. The second-order valence-corrected chi connectivity index (χ2v) is 6.61. The molecule has 1 fully saturated rings. The lowest BCUT2D eigenvalue weighted by Crippen LogP contribution is -2.50. The van der Waals surface area contributed by atoms with Gasteiger partial charge in [-0.25, -0.2) is 9.18 Å². The number of carbonyl (C=O) groups excluding carboxylic acids is 2. The van der Waals surface area contributed by atoms with E-state index in [1.165, 1.54) is 12.1 Å². The van der Waals surface area contributed by atoms with Gasteiger partial charge in [-0.15, -0.1) is 6.58 Å². The highest BCUT2D eigenvalue weighted by molar-refractivity contribution is 5.81. The summed E-state index contributed by atoms with van der Waals surface area (Å²) in [4.78, 5) is 26.7. The van der Waals surface area contributed by atoms with Crippen molar-refractivity contribution in [2.45, 2.75) is 38.6 Å². The van der Waals surface area contributed by atoms with Gasteiger partial charge in [0, 0.05) is 19.6 Å². The summed E-state index contributed by atoms with van der Waals surface area (Å²) in [5.41, 5.74) is 0.891. The van der Waals surface area contributed by atoms with Crippen LogP contribution in [-0.4, -0.2) is 36.5 Å². The first-order valence-corrected chi connectivity index (χ1v) is 9.25. The van der Waals surface area contributed by atoms with Gasteiger partial charge < -0.3 is 15.5 Å². The monoisotopic (exact) mass is 361 g/mol. The topological polar surface area (TPSA) is 61.4 Å². The molecule has 0 spiro atoms. The van der Waals surface area contributed by atoms with E-state index in [1.54, 1.807) is 23.1 Å². The SMILES string of the molecule is C=CCNC(=O)C1CCC(c2ccc(F)cc2)N(C(=O)NCCCC)C1. The number of hydrogen-bond donors (Lipinski definition) is 2. The molecule has 142 valence electrons. The van der Waals surface area contributed by atoms with E-state index in [4.69, 9.17) is 0 Å². The molecule has 1 aromatic carbocycles. The van der Waals surface area contributed by atoms with E-state index in [2.05, 4.69) is 24.1 Å². The van der Waals surface area contributed by atoms with E-state index in [0.29, 0.717) is 32.5 Å². The Hall–Kier alpha value is -2.37. The molecule has 2 unspecified atom stereocenters. The highest BCUT2D eigenvalue weighted by Crippen LogP contribution is 2.33. The van der Waals surface area contributed by atoms with Gasteiger partial charge in [0.1, 0.15) is 5.82 Å². The maximum Gasteiger partial charge on any atom is 0.317 e. The maximum atomic E-state index is 13.2. The molecule has 0 saturated carbocycles. The molecule has 1 aromatic rings. The van der Waals surface area contributed by atoms with Crippen LogP contribution in [-0.2, 0) is 4.79 Å². The average Bonchev–Trinajstić information content (AvgIpc) is 2.66. The molecular weight excluding hydrogens is 333 g/mol. The van der Waals surface area contributed by atoms with Gasteiger partial charge in [-0.2, -0.15) is 0 Å². The maximum absolute atomic E-state index is 13.2. The van der Waals surface area contributed by atoms with E-state index in [1.807, 2.05) is 0 Å². The molecule has 2 N–H and O–H groups in total. The third kappa shape index (κ3) is 5.31. The fraction of sp³-hybridized carbons (Fsp3) is 0.500. The molecule has 0 radical (unpaired) electrons. The van der Waals surface area contributed by atoms with Crippen LogP contribution >= 0.6 is 0 Å². The number of amides is 3. The average molecular weight is 361 g/mol. The Morgan fingerprint density at radius 1 is 1.27 bits per heavy atom. The smallest absolute Gasteiger partial charge is 0.317 e. The Kier molecular flexibility index (Phi) is 7.63. The van der Waals surface area contributed by atoms with E-state index >= 15 is 0 Å². The van der Waals surface area contributed by atoms with E-state index in [-0.39, 0.29) is 29.7 Å². The molecule has 1 saturated heterocycles. The van der Waals surface area contributed by atoms with Crippen molar-refractivity contribution in [1.82, 2.24) is 15.5 Å². The van der Waals surface area contributed by atoms with Gasteiger partial charge in [0.2, 0.25) is 5.91 Å². The number of carbonyl (C=O) groups is 2. The minimum absolute atomic E-state index is 0.0613. The summed E-state index contributed by atoms with van der Waals surface area (Å²) in [6, 6.07) is 5.92. The number of hydrogen-bond acceptors (Lipinski definition) is 2. The number of piperidine rings is 1. The largest absolute Gasteiger partial charge is 0.352 e. The van der Waals surface area contributed by atoms with E-state index in [0.717, 1.165) is 18.4 Å². The Morgan fingerprint density at radius 3 is 2.65 bits per heavy atom. The number of nitrogens with one attached hydrogen (secondary N) is 2. The summed E-state index contributed by atoms with van der Waals surface area (Å²) < 4.78 is 13.2. The molecule has 3 amide bonds. The van der Waals surface area contributed by atoms with Crippen molar-refractivity contribution in [2.75, 3.05) is 19.6 Å². The van der Waals surface area contributed by atoms with Crippen molar-refractivity contribution in [1.29, 1.82) is 0 Å². The predicted octanol–water partition coefficient (Wildman–Crippen LogP) is 3.39. The van der Waals surface area contributed by atoms with Gasteiger partial charge in [-0.05, 0) is 37.0 Å². The lowest BCUT2D eigenvalue weighted by atomic mass is 9.88. The normalized spacial score (nSPS) is 19.7. The van der Waals surface area contributed by atoms with Gasteiger partial charge in [0.05, 0.1) is 12.0 Å². The Balaban J connectivity index is 2.13. The Morgan fingerprint density at radius 2 is 2.00 bits per heavy atom. The standard InChI is InChI=1S/C20H28FN3O2/c1-3-5-13-23-20(26)24-14-16(19(25)22-12-4-2)8-11-18(24)15-6-9-17(21)10-7-15/h4,6-7,9-10,16,18H,2-3,5,8,11-14H2,1H3,(H,22,25)(H,23,26). The minimum atomic E-state index is -0.301. The first-order valence-electron chi connectivity index (χ1n) is 9.25. The van der Waals surface area contributed by atoms with Gasteiger partial charge in [0.25, 0.3) is 0 Å². The zero-order valence-corrected chi connectivity index (χ0v) is 15.3. The number of likely N-dealkylation sites (tertiary alicyclic amines) is 1. The van der Waals surface area contributed by atoms with Gasteiger partial charge in [-0.1, -0.05) is 31.6 Å². The number of benzene rings is 1. The fourth-order valence-corrected chi connectivity index (χ4v) is 3.23. The van der Waals surface area contributed by atoms with E-state index < -0.39 is 0 Å². The van der Waals surface area contributed by atoms with Crippen molar-refractivity contribution in [3.8, 4) is 0 Å². The predicted molar refractivity (Wildman–Crippen MR) is 100 cm³/mol.